The number of anilines is 2. The van der Waals surface area contributed by atoms with Crippen LogP contribution in [0.4, 0.5) is 15.9 Å². The van der Waals surface area contributed by atoms with E-state index in [2.05, 4.69) is 20.2 Å². The van der Waals surface area contributed by atoms with E-state index in [0.29, 0.717) is 0 Å². The molecule has 2 heterocycles. The molecule has 0 amide bonds. The molecule has 0 aliphatic carbocycles. The van der Waals surface area contributed by atoms with Gasteiger partial charge in [0.25, 0.3) is 0 Å². The maximum atomic E-state index is 13.4. The Bertz CT molecular complexity index is 587. The zero-order chi connectivity index (χ0) is 13.9. The van der Waals surface area contributed by atoms with E-state index >= 15 is 0 Å². The SMILES string of the molecule is Fc1ccc(N(c2cnccn2)[C@H]2CCNC2)cc1Cl. The van der Waals surface area contributed by atoms with Crippen LogP contribution in [0.2, 0.25) is 5.02 Å². The minimum atomic E-state index is -0.418. The summed E-state index contributed by atoms with van der Waals surface area (Å²) < 4.78 is 13.4. The van der Waals surface area contributed by atoms with Crippen LogP contribution in [0.25, 0.3) is 0 Å². The van der Waals surface area contributed by atoms with Crippen LogP contribution >= 0.6 is 11.6 Å². The first-order chi connectivity index (χ1) is 9.75. The normalized spacial score (nSPS) is 18.2. The number of aromatic nitrogens is 2. The largest absolute Gasteiger partial charge is 0.321 e. The van der Waals surface area contributed by atoms with Crippen molar-refractivity contribution in [2.45, 2.75) is 12.5 Å². The Morgan fingerprint density at radius 1 is 1.35 bits per heavy atom. The van der Waals surface area contributed by atoms with Gasteiger partial charge in [0.2, 0.25) is 0 Å². The summed E-state index contributed by atoms with van der Waals surface area (Å²) in [4.78, 5) is 10.5. The molecule has 1 aromatic carbocycles. The highest BCUT2D eigenvalue weighted by atomic mass is 35.5. The molecule has 4 nitrogen and oxygen atoms in total. The van der Waals surface area contributed by atoms with Gasteiger partial charge in [-0.25, -0.2) is 9.37 Å². The van der Waals surface area contributed by atoms with Gasteiger partial charge in [0.15, 0.2) is 5.82 Å². The Hall–Kier alpha value is -1.72. The highest BCUT2D eigenvalue weighted by Gasteiger charge is 2.25. The zero-order valence-corrected chi connectivity index (χ0v) is 11.5. The van der Waals surface area contributed by atoms with Gasteiger partial charge in [-0.3, -0.25) is 4.98 Å². The van der Waals surface area contributed by atoms with Crippen molar-refractivity contribution in [1.82, 2.24) is 15.3 Å². The van der Waals surface area contributed by atoms with Gasteiger partial charge in [0.1, 0.15) is 5.82 Å². The lowest BCUT2D eigenvalue weighted by Gasteiger charge is -2.29. The van der Waals surface area contributed by atoms with Gasteiger partial charge in [-0.05, 0) is 31.2 Å². The van der Waals surface area contributed by atoms with Crippen LogP contribution in [-0.4, -0.2) is 29.1 Å². The summed E-state index contributed by atoms with van der Waals surface area (Å²) in [5.74, 6) is 0.322. The molecule has 3 rings (SSSR count). The van der Waals surface area contributed by atoms with Gasteiger partial charge < -0.3 is 10.2 Å². The molecule has 1 aromatic heterocycles. The van der Waals surface area contributed by atoms with Gasteiger partial charge in [-0.15, -0.1) is 0 Å². The predicted molar refractivity (Wildman–Crippen MR) is 76.9 cm³/mol. The first-order valence-electron chi connectivity index (χ1n) is 6.47. The number of nitrogens with zero attached hydrogens (tertiary/aromatic N) is 3. The van der Waals surface area contributed by atoms with E-state index in [1.807, 2.05) is 0 Å². The maximum absolute atomic E-state index is 13.4. The van der Waals surface area contributed by atoms with Crippen LogP contribution in [0, 0.1) is 5.82 Å². The Kier molecular flexibility index (Phi) is 3.80. The van der Waals surface area contributed by atoms with Crippen LogP contribution in [0.15, 0.2) is 36.8 Å². The highest BCUT2D eigenvalue weighted by Crippen LogP contribution is 2.30. The molecule has 0 bridgehead atoms. The van der Waals surface area contributed by atoms with Crippen LogP contribution in [0.5, 0.6) is 0 Å². The van der Waals surface area contributed by atoms with E-state index < -0.39 is 5.82 Å². The summed E-state index contributed by atoms with van der Waals surface area (Å²) in [6, 6.07) is 4.98. The minimum absolute atomic E-state index is 0.113. The van der Waals surface area contributed by atoms with Crippen molar-refractivity contribution < 1.29 is 4.39 Å². The van der Waals surface area contributed by atoms with Gasteiger partial charge in [0.05, 0.1) is 11.2 Å². The fourth-order valence-electron chi connectivity index (χ4n) is 2.44. The van der Waals surface area contributed by atoms with Gasteiger partial charge in [-0.2, -0.15) is 0 Å². The number of benzene rings is 1. The van der Waals surface area contributed by atoms with Crippen molar-refractivity contribution in [3.63, 3.8) is 0 Å². The fourth-order valence-corrected chi connectivity index (χ4v) is 2.62. The molecule has 1 aliphatic rings. The third-order valence-corrected chi connectivity index (χ3v) is 3.67. The Morgan fingerprint density at radius 2 is 2.25 bits per heavy atom. The van der Waals surface area contributed by atoms with E-state index in [0.717, 1.165) is 31.0 Å². The lowest BCUT2D eigenvalue weighted by atomic mass is 10.2. The summed E-state index contributed by atoms with van der Waals surface area (Å²) in [7, 11) is 0. The molecule has 1 aliphatic heterocycles. The van der Waals surface area contributed by atoms with Crippen LogP contribution in [0.1, 0.15) is 6.42 Å². The molecule has 1 fully saturated rings. The molecule has 0 spiro atoms. The fraction of sp³-hybridized carbons (Fsp3) is 0.286. The average Bonchev–Trinajstić information content (AvgIpc) is 2.98. The van der Waals surface area contributed by atoms with Crippen molar-refractivity contribution in [1.29, 1.82) is 0 Å². The summed E-state index contributed by atoms with van der Waals surface area (Å²) in [6.45, 7) is 1.81. The van der Waals surface area contributed by atoms with Crippen molar-refractivity contribution in [2.24, 2.45) is 0 Å². The number of hydrogen-bond donors (Lipinski definition) is 1. The molecule has 2 aromatic rings. The summed E-state index contributed by atoms with van der Waals surface area (Å²) >= 11 is 5.90. The number of rotatable bonds is 3. The van der Waals surface area contributed by atoms with Crippen LogP contribution in [-0.2, 0) is 0 Å². The molecular formula is C14H14ClFN4. The number of hydrogen-bond acceptors (Lipinski definition) is 4. The van der Waals surface area contributed by atoms with Gasteiger partial charge in [0, 0.05) is 30.7 Å². The second-order valence-corrected chi connectivity index (χ2v) is 5.09. The second-order valence-electron chi connectivity index (χ2n) is 4.68. The third-order valence-electron chi connectivity index (χ3n) is 3.38. The molecule has 104 valence electrons. The summed E-state index contributed by atoms with van der Waals surface area (Å²) in [5, 5.41) is 3.43. The van der Waals surface area contributed by atoms with Crippen LogP contribution in [0.3, 0.4) is 0 Å². The molecule has 0 unspecified atom stereocenters. The third kappa shape index (κ3) is 2.59. The van der Waals surface area contributed by atoms with E-state index in [1.165, 1.54) is 6.07 Å². The number of nitrogens with one attached hydrogen (secondary N) is 1. The second kappa shape index (κ2) is 5.73. The Balaban J connectivity index is 2.02. The predicted octanol–water partition coefficient (Wildman–Crippen LogP) is 2.77. The minimum Gasteiger partial charge on any atom is -0.321 e. The van der Waals surface area contributed by atoms with Gasteiger partial charge in [-0.1, -0.05) is 11.6 Å². The van der Waals surface area contributed by atoms with E-state index in [-0.39, 0.29) is 11.1 Å². The Morgan fingerprint density at radius 3 is 2.90 bits per heavy atom. The lowest BCUT2D eigenvalue weighted by Crippen LogP contribution is -2.33. The standard InChI is InChI=1S/C14H14ClFN4/c15-12-7-10(1-2-13(12)16)20(11-3-4-17-8-11)14-9-18-5-6-19-14/h1-2,5-7,9,11,17H,3-4,8H2/t11-/m0/s1. The topological polar surface area (TPSA) is 41.1 Å². The van der Waals surface area contributed by atoms with Crippen molar-refractivity contribution in [2.75, 3.05) is 18.0 Å². The summed E-state index contributed by atoms with van der Waals surface area (Å²) in [5.41, 5.74) is 0.825. The van der Waals surface area contributed by atoms with Crippen molar-refractivity contribution >= 4 is 23.1 Å². The van der Waals surface area contributed by atoms with Crippen molar-refractivity contribution in [3.05, 3.63) is 47.6 Å². The molecular weight excluding hydrogens is 279 g/mol. The first kappa shape index (κ1) is 13.3. The van der Waals surface area contributed by atoms with Crippen LogP contribution < -0.4 is 10.2 Å². The first-order valence-corrected chi connectivity index (χ1v) is 6.84. The molecule has 0 radical (unpaired) electrons. The Labute approximate surface area is 121 Å². The lowest BCUT2D eigenvalue weighted by molar-refractivity contribution is 0.627. The van der Waals surface area contributed by atoms with Gasteiger partial charge >= 0.3 is 0 Å². The molecule has 0 saturated carbocycles. The molecule has 20 heavy (non-hydrogen) atoms. The monoisotopic (exact) mass is 292 g/mol. The molecule has 1 atom stereocenters. The summed E-state index contributed by atoms with van der Waals surface area (Å²) in [6.07, 6.45) is 5.98. The smallest absolute Gasteiger partial charge is 0.151 e. The molecule has 1 saturated heterocycles. The quantitative estimate of drug-likeness (QED) is 0.944. The number of halogens is 2. The van der Waals surface area contributed by atoms with Crippen molar-refractivity contribution in [3.8, 4) is 0 Å². The maximum Gasteiger partial charge on any atom is 0.151 e. The zero-order valence-electron chi connectivity index (χ0n) is 10.8. The average molecular weight is 293 g/mol. The van der Waals surface area contributed by atoms with E-state index in [1.54, 1.807) is 30.7 Å². The van der Waals surface area contributed by atoms with E-state index in [9.17, 15) is 4.39 Å². The molecule has 1 N–H and O–H groups in total. The van der Waals surface area contributed by atoms with E-state index in [4.69, 9.17) is 11.6 Å². The molecule has 6 heteroatoms. The highest BCUT2D eigenvalue weighted by molar-refractivity contribution is 6.31.